The van der Waals surface area contributed by atoms with Gasteiger partial charge in [0.1, 0.15) is 0 Å². The summed E-state index contributed by atoms with van der Waals surface area (Å²) in [6.07, 6.45) is 0. The van der Waals surface area contributed by atoms with Crippen LogP contribution in [0, 0.1) is 22.0 Å². The molecule has 6 nitrogen and oxygen atoms in total. The second-order valence-electron chi connectivity index (χ2n) is 7.68. The third-order valence-corrected chi connectivity index (χ3v) is 4.33. The Balaban J connectivity index is 2.26. The average Bonchev–Trinajstić information content (AvgIpc) is 2.88. The van der Waals surface area contributed by atoms with Crippen molar-refractivity contribution in [3.8, 4) is 0 Å². The number of nitro benzene ring substituents is 1. The van der Waals surface area contributed by atoms with Crippen LogP contribution in [0.3, 0.4) is 0 Å². The van der Waals surface area contributed by atoms with Gasteiger partial charge in [-0.1, -0.05) is 39.8 Å². The van der Waals surface area contributed by atoms with Crippen LogP contribution in [0.15, 0.2) is 53.5 Å². The Hall–Kier alpha value is -2.89. The summed E-state index contributed by atoms with van der Waals surface area (Å²) in [5.41, 5.74) is 3.99. The molecule has 2 aromatic carbocycles. The van der Waals surface area contributed by atoms with E-state index in [-0.39, 0.29) is 5.69 Å². The molecule has 0 saturated heterocycles. The first kappa shape index (κ1) is 18.9. The Labute approximate surface area is 158 Å². The maximum Gasteiger partial charge on any atom is 0.269 e. The Morgan fingerprint density at radius 2 is 1.37 bits per heavy atom. The van der Waals surface area contributed by atoms with Gasteiger partial charge in [-0.15, -0.1) is 0 Å². The van der Waals surface area contributed by atoms with Gasteiger partial charge in [-0.25, -0.2) is 4.99 Å². The fourth-order valence-electron chi connectivity index (χ4n) is 3.26. The van der Waals surface area contributed by atoms with Gasteiger partial charge >= 0.3 is 0 Å². The summed E-state index contributed by atoms with van der Waals surface area (Å²) in [7, 11) is 0. The standard InChI is InChI=1S/C21H26N4O2/c1-15(2)13-23-19-7-5-6-8-20(19)24(14-16(3)4)21(23)22-17-9-11-18(12-10-17)25(26)27/h5-12,15-16H,13-14H2,1-4H3. The average molecular weight is 366 g/mol. The van der Waals surface area contributed by atoms with Gasteiger partial charge < -0.3 is 9.13 Å². The number of nitro groups is 1. The number of hydrogen-bond donors (Lipinski definition) is 0. The molecule has 0 unspecified atom stereocenters. The number of aromatic nitrogens is 2. The smallest absolute Gasteiger partial charge is 0.269 e. The molecular weight excluding hydrogens is 340 g/mol. The first-order chi connectivity index (χ1) is 12.9. The minimum atomic E-state index is -0.390. The summed E-state index contributed by atoms with van der Waals surface area (Å²) < 4.78 is 4.51. The lowest BCUT2D eigenvalue weighted by Gasteiger charge is -2.10. The lowest BCUT2D eigenvalue weighted by Crippen LogP contribution is -2.28. The third kappa shape index (κ3) is 4.10. The fraction of sp³-hybridized carbons (Fsp3) is 0.381. The highest BCUT2D eigenvalue weighted by Crippen LogP contribution is 2.20. The van der Waals surface area contributed by atoms with Crippen LogP contribution in [-0.2, 0) is 13.1 Å². The topological polar surface area (TPSA) is 65.4 Å². The molecule has 0 amide bonds. The predicted molar refractivity (Wildman–Crippen MR) is 108 cm³/mol. The Morgan fingerprint density at radius 1 is 0.889 bits per heavy atom. The minimum absolute atomic E-state index is 0.0757. The van der Waals surface area contributed by atoms with Crippen molar-refractivity contribution in [2.24, 2.45) is 16.8 Å². The van der Waals surface area contributed by atoms with E-state index in [0.29, 0.717) is 17.5 Å². The van der Waals surface area contributed by atoms with Crippen LogP contribution in [0.2, 0.25) is 0 Å². The van der Waals surface area contributed by atoms with E-state index in [1.54, 1.807) is 12.1 Å². The summed E-state index contributed by atoms with van der Waals surface area (Å²) in [5, 5.41) is 10.9. The molecule has 1 heterocycles. The van der Waals surface area contributed by atoms with E-state index in [0.717, 1.165) is 29.7 Å². The zero-order chi connectivity index (χ0) is 19.6. The molecule has 0 aliphatic heterocycles. The molecule has 1 aromatic heterocycles. The number of imidazole rings is 1. The molecule has 0 radical (unpaired) electrons. The van der Waals surface area contributed by atoms with E-state index >= 15 is 0 Å². The number of fused-ring (bicyclic) bond motifs is 1. The molecule has 0 saturated carbocycles. The molecule has 27 heavy (non-hydrogen) atoms. The highest BCUT2D eigenvalue weighted by molar-refractivity contribution is 5.76. The minimum Gasteiger partial charge on any atom is -0.310 e. The van der Waals surface area contributed by atoms with Gasteiger partial charge in [-0.2, -0.15) is 0 Å². The highest BCUT2D eigenvalue weighted by Gasteiger charge is 2.14. The second-order valence-corrected chi connectivity index (χ2v) is 7.68. The SMILES string of the molecule is CC(C)Cn1c(=Nc2ccc([N+](=O)[O-])cc2)n(CC(C)C)c2ccccc21. The number of non-ortho nitro benzene ring substituents is 1. The molecular formula is C21H26N4O2. The van der Waals surface area contributed by atoms with Gasteiger partial charge in [0.2, 0.25) is 5.62 Å². The van der Waals surface area contributed by atoms with Crippen molar-refractivity contribution >= 4 is 22.4 Å². The van der Waals surface area contributed by atoms with Crippen LogP contribution in [0.25, 0.3) is 11.0 Å². The summed E-state index contributed by atoms with van der Waals surface area (Å²) in [6, 6.07) is 14.8. The zero-order valence-electron chi connectivity index (χ0n) is 16.3. The second kappa shape index (κ2) is 7.78. The summed E-state index contributed by atoms with van der Waals surface area (Å²) in [4.78, 5) is 15.4. The summed E-state index contributed by atoms with van der Waals surface area (Å²) in [6.45, 7) is 10.5. The van der Waals surface area contributed by atoms with Gasteiger partial charge in [0.05, 0.1) is 21.6 Å². The monoisotopic (exact) mass is 366 g/mol. The van der Waals surface area contributed by atoms with Crippen LogP contribution in [0.4, 0.5) is 11.4 Å². The molecule has 0 spiro atoms. The zero-order valence-corrected chi connectivity index (χ0v) is 16.3. The molecule has 0 atom stereocenters. The normalized spacial score (nSPS) is 11.5. The number of hydrogen-bond acceptors (Lipinski definition) is 3. The lowest BCUT2D eigenvalue weighted by atomic mass is 10.2. The van der Waals surface area contributed by atoms with Gasteiger partial charge in [0.25, 0.3) is 5.69 Å². The predicted octanol–water partition coefficient (Wildman–Crippen LogP) is 4.90. The molecule has 0 aliphatic carbocycles. The van der Waals surface area contributed by atoms with E-state index < -0.39 is 4.92 Å². The molecule has 3 aromatic rings. The van der Waals surface area contributed by atoms with Crippen LogP contribution < -0.4 is 5.62 Å². The maximum absolute atomic E-state index is 10.9. The van der Waals surface area contributed by atoms with Crippen molar-refractivity contribution in [2.45, 2.75) is 40.8 Å². The molecule has 0 aliphatic rings. The molecule has 0 N–H and O–H groups in total. The van der Waals surface area contributed by atoms with Crippen LogP contribution >= 0.6 is 0 Å². The Morgan fingerprint density at radius 3 is 1.78 bits per heavy atom. The van der Waals surface area contributed by atoms with Gasteiger partial charge in [-0.05, 0) is 36.1 Å². The van der Waals surface area contributed by atoms with Crippen molar-refractivity contribution in [3.63, 3.8) is 0 Å². The van der Waals surface area contributed by atoms with Crippen LogP contribution in [0.1, 0.15) is 27.7 Å². The Kier molecular flexibility index (Phi) is 5.44. The highest BCUT2D eigenvalue weighted by atomic mass is 16.6. The van der Waals surface area contributed by atoms with Crippen molar-refractivity contribution in [2.75, 3.05) is 0 Å². The van der Waals surface area contributed by atoms with Crippen LogP contribution in [-0.4, -0.2) is 14.1 Å². The summed E-state index contributed by atoms with van der Waals surface area (Å²) >= 11 is 0. The van der Waals surface area contributed by atoms with E-state index in [9.17, 15) is 10.1 Å². The molecule has 142 valence electrons. The van der Waals surface area contributed by atoms with Crippen molar-refractivity contribution in [1.29, 1.82) is 0 Å². The van der Waals surface area contributed by atoms with E-state index in [4.69, 9.17) is 4.99 Å². The van der Waals surface area contributed by atoms with Gasteiger partial charge in [-0.3, -0.25) is 10.1 Å². The van der Waals surface area contributed by atoms with Crippen LogP contribution in [0.5, 0.6) is 0 Å². The first-order valence-corrected chi connectivity index (χ1v) is 9.34. The number of benzene rings is 2. The largest absolute Gasteiger partial charge is 0.310 e. The molecule has 3 rings (SSSR count). The molecule has 0 bridgehead atoms. The number of rotatable bonds is 6. The quantitative estimate of drug-likeness (QED) is 0.460. The number of para-hydroxylation sites is 2. The van der Waals surface area contributed by atoms with Gasteiger partial charge in [0.15, 0.2) is 0 Å². The Bertz CT molecular complexity index is 961. The van der Waals surface area contributed by atoms with Crippen molar-refractivity contribution in [3.05, 3.63) is 64.3 Å². The fourth-order valence-corrected chi connectivity index (χ4v) is 3.26. The van der Waals surface area contributed by atoms with Gasteiger partial charge in [0, 0.05) is 25.2 Å². The van der Waals surface area contributed by atoms with Crippen molar-refractivity contribution < 1.29 is 4.92 Å². The van der Waals surface area contributed by atoms with E-state index in [2.05, 4.69) is 61.1 Å². The number of nitrogens with zero attached hydrogens (tertiary/aromatic N) is 4. The molecule has 0 fully saturated rings. The summed E-state index contributed by atoms with van der Waals surface area (Å²) in [5.74, 6) is 0.943. The van der Waals surface area contributed by atoms with E-state index in [1.807, 2.05) is 0 Å². The molecule has 6 heteroatoms. The van der Waals surface area contributed by atoms with E-state index in [1.165, 1.54) is 12.1 Å². The maximum atomic E-state index is 10.9. The third-order valence-electron chi connectivity index (χ3n) is 4.33. The van der Waals surface area contributed by atoms with Crippen molar-refractivity contribution in [1.82, 2.24) is 9.13 Å². The lowest BCUT2D eigenvalue weighted by molar-refractivity contribution is -0.384. The first-order valence-electron chi connectivity index (χ1n) is 9.34.